The van der Waals surface area contributed by atoms with Crippen molar-refractivity contribution >= 4 is 10.8 Å². The van der Waals surface area contributed by atoms with Crippen LogP contribution in [0.1, 0.15) is 22.7 Å². The second-order valence-corrected chi connectivity index (χ2v) is 6.27. The summed E-state index contributed by atoms with van der Waals surface area (Å²) in [6.07, 6.45) is 0. The van der Waals surface area contributed by atoms with Gasteiger partial charge in [-0.1, -0.05) is 103 Å². The van der Waals surface area contributed by atoms with Crippen LogP contribution in [0.15, 0.2) is 103 Å². The predicted octanol–water partition coefficient (Wildman–Crippen LogP) is 5.72. The maximum Gasteiger partial charge on any atom is 0.0579 e. The fourth-order valence-electron chi connectivity index (χ4n) is 3.38. The first-order valence-corrected chi connectivity index (χ1v) is 8.72. The van der Waals surface area contributed by atoms with Gasteiger partial charge in [0, 0.05) is 6.54 Å². The summed E-state index contributed by atoms with van der Waals surface area (Å²) >= 11 is 0. The van der Waals surface area contributed by atoms with E-state index in [9.17, 15) is 0 Å². The Bertz CT molecular complexity index is 900. The lowest BCUT2D eigenvalue weighted by atomic mass is 9.98. The molecule has 1 nitrogen and oxygen atoms in total. The molecule has 4 rings (SSSR count). The Labute approximate surface area is 149 Å². The van der Waals surface area contributed by atoms with Crippen LogP contribution in [0.5, 0.6) is 0 Å². The maximum absolute atomic E-state index is 3.76. The third-order valence-corrected chi connectivity index (χ3v) is 4.64. The molecule has 4 aromatic carbocycles. The predicted molar refractivity (Wildman–Crippen MR) is 106 cm³/mol. The lowest BCUT2D eigenvalue weighted by Gasteiger charge is -2.20. The maximum atomic E-state index is 3.76. The summed E-state index contributed by atoms with van der Waals surface area (Å²) in [6, 6.07) is 36.6. The SMILES string of the molecule is c1ccc(C(NCc2cccc3ccccc23)c2ccccc2)cc1. The molecule has 0 bridgehead atoms. The topological polar surface area (TPSA) is 12.0 Å². The second kappa shape index (κ2) is 7.33. The summed E-state index contributed by atoms with van der Waals surface area (Å²) in [6.45, 7) is 0.829. The zero-order valence-electron chi connectivity index (χ0n) is 14.1. The molecule has 122 valence electrons. The minimum atomic E-state index is 0.182. The molecule has 1 heteroatoms. The third kappa shape index (κ3) is 3.47. The number of rotatable bonds is 5. The molecule has 0 aliphatic carbocycles. The Morgan fingerprint density at radius 1 is 0.560 bits per heavy atom. The van der Waals surface area contributed by atoms with Gasteiger partial charge < -0.3 is 5.32 Å². The van der Waals surface area contributed by atoms with E-state index in [0.717, 1.165) is 6.54 Å². The van der Waals surface area contributed by atoms with E-state index in [4.69, 9.17) is 0 Å². The highest BCUT2D eigenvalue weighted by Gasteiger charge is 2.13. The summed E-state index contributed by atoms with van der Waals surface area (Å²) in [5, 5.41) is 6.37. The van der Waals surface area contributed by atoms with Crippen LogP contribution in [0, 0.1) is 0 Å². The lowest BCUT2D eigenvalue weighted by Crippen LogP contribution is -2.22. The van der Waals surface area contributed by atoms with Crippen molar-refractivity contribution in [1.29, 1.82) is 0 Å². The van der Waals surface area contributed by atoms with Gasteiger partial charge in [-0.15, -0.1) is 0 Å². The van der Waals surface area contributed by atoms with Crippen LogP contribution in [0.3, 0.4) is 0 Å². The van der Waals surface area contributed by atoms with Crippen LogP contribution < -0.4 is 5.32 Å². The van der Waals surface area contributed by atoms with E-state index in [2.05, 4.69) is 108 Å². The van der Waals surface area contributed by atoms with Crippen molar-refractivity contribution in [2.24, 2.45) is 0 Å². The Morgan fingerprint density at radius 3 is 1.80 bits per heavy atom. The van der Waals surface area contributed by atoms with Crippen LogP contribution in [-0.2, 0) is 6.54 Å². The number of hydrogen-bond acceptors (Lipinski definition) is 1. The molecule has 0 radical (unpaired) electrons. The molecule has 0 saturated heterocycles. The minimum Gasteiger partial charge on any atom is -0.302 e. The molecule has 0 atom stereocenters. The first-order valence-electron chi connectivity index (χ1n) is 8.72. The highest BCUT2D eigenvalue weighted by molar-refractivity contribution is 5.85. The molecule has 0 aliphatic rings. The van der Waals surface area contributed by atoms with Gasteiger partial charge >= 0.3 is 0 Å². The highest BCUT2D eigenvalue weighted by atomic mass is 14.9. The first kappa shape index (κ1) is 15.6. The highest BCUT2D eigenvalue weighted by Crippen LogP contribution is 2.24. The van der Waals surface area contributed by atoms with Gasteiger partial charge in [0.1, 0.15) is 0 Å². The van der Waals surface area contributed by atoms with E-state index in [1.807, 2.05) is 0 Å². The summed E-state index contributed by atoms with van der Waals surface area (Å²) in [7, 11) is 0. The summed E-state index contributed by atoms with van der Waals surface area (Å²) in [5.74, 6) is 0. The van der Waals surface area contributed by atoms with Gasteiger partial charge in [-0.2, -0.15) is 0 Å². The molecular weight excluding hydrogens is 302 g/mol. The van der Waals surface area contributed by atoms with E-state index < -0.39 is 0 Å². The number of benzene rings is 4. The van der Waals surface area contributed by atoms with E-state index in [0.29, 0.717) is 0 Å². The van der Waals surface area contributed by atoms with Gasteiger partial charge in [-0.3, -0.25) is 0 Å². The van der Waals surface area contributed by atoms with Crippen LogP contribution in [0.2, 0.25) is 0 Å². The Hall–Kier alpha value is -2.90. The molecule has 0 spiro atoms. The third-order valence-electron chi connectivity index (χ3n) is 4.64. The fourth-order valence-corrected chi connectivity index (χ4v) is 3.38. The number of hydrogen-bond donors (Lipinski definition) is 1. The van der Waals surface area contributed by atoms with E-state index in [-0.39, 0.29) is 6.04 Å². The molecule has 1 N–H and O–H groups in total. The monoisotopic (exact) mass is 323 g/mol. The average Bonchev–Trinajstić information content (AvgIpc) is 2.70. The molecule has 0 fully saturated rings. The first-order chi connectivity index (χ1) is 12.4. The summed E-state index contributed by atoms with van der Waals surface area (Å²) in [4.78, 5) is 0. The van der Waals surface area contributed by atoms with Crippen molar-refractivity contribution in [3.05, 3.63) is 120 Å². The van der Waals surface area contributed by atoms with Gasteiger partial charge in [-0.05, 0) is 27.5 Å². The molecular formula is C24H21N. The number of nitrogens with one attached hydrogen (secondary N) is 1. The molecule has 0 aromatic heterocycles. The van der Waals surface area contributed by atoms with Gasteiger partial charge in [0.2, 0.25) is 0 Å². The molecule has 0 aliphatic heterocycles. The quantitative estimate of drug-likeness (QED) is 0.495. The largest absolute Gasteiger partial charge is 0.302 e. The second-order valence-electron chi connectivity index (χ2n) is 6.27. The van der Waals surface area contributed by atoms with Gasteiger partial charge in [-0.25, -0.2) is 0 Å². The van der Waals surface area contributed by atoms with E-state index >= 15 is 0 Å². The van der Waals surface area contributed by atoms with Gasteiger partial charge in [0.15, 0.2) is 0 Å². The molecule has 0 unspecified atom stereocenters. The average molecular weight is 323 g/mol. The van der Waals surface area contributed by atoms with Crippen LogP contribution in [0.25, 0.3) is 10.8 Å². The zero-order valence-corrected chi connectivity index (χ0v) is 14.1. The molecule has 4 aromatic rings. The minimum absolute atomic E-state index is 0.182. The van der Waals surface area contributed by atoms with E-state index in [1.54, 1.807) is 0 Å². The van der Waals surface area contributed by atoms with Gasteiger partial charge in [0.25, 0.3) is 0 Å². The Morgan fingerprint density at radius 2 is 1.12 bits per heavy atom. The number of fused-ring (bicyclic) bond motifs is 1. The Balaban J connectivity index is 1.65. The van der Waals surface area contributed by atoms with Gasteiger partial charge in [0.05, 0.1) is 6.04 Å². The van der Waals surface area contributed by atoms with E-state index in [1.165, 1.54) is 27.5 Å². The smallest absolute Gasteiger partial charge is 0.0579 e. The molecule has 0 amide bonds. The van der Waals surface area contributed by atoms with Crippen molar-refractivity contribution in [1.82, 2.24) is 5.32 Å². The lowest BCUT2D eigenvalue weighted by molar-refractivity contribution is 0.607. The van der Waals surface area contributed by atoms with Crippen molar-refractivity contribution in [2.45, 2.75) is 12.6 Å². The van der Waals surface area contributed by atoms with Crippen LogP contribution in [0.4, 0.5) is 0 Å². The molecule has 0 heterocycles. The van der Waals surface area contributed by atoms with Crippen molar-refractivity contribution in [3.8, 4) is 0 Å². The molecule has 0 saturated carbocycles. The van der Waals surface area contributed by atoms with Crippen LogP contribution >= 0.6 is 0 Å². The normalized spacial score (nSPS) is 11.1. The van der Waals surface area contributed by atoms with Crippen molar-refractivity contribution in [2.75, 3.05) is 0 Å². The summed E-state index contributed by atoms with van der Waals surface area (Å²) < 4.78 is 0. The molecule has 25 heavy (non-hydrogen) atoms. The fraction of sp³-hybridized carbons (Fsp3) is 0.0833. The summed E-state index contributed by atoms with van der Waals surface area (Å²) in [5.41, 5.74) is 3.90. The zero-order chi connectivity index (χ0) is 16.9. The van der Waals surface area contributed by atoms with Crippen molar-refractivity contribution in [3.63, 3.8) is 0 Å². The van der Waals surface area contributed by atoms with Crippen LogP contribution in [-0.4, -0.2) is 0 Å². The standard InChI is InChI=1S/C24H21N/c1-3-11-20(12-4-1)24(21-13-5-2-6-14-21)25-18-22-16-9-15-19-10-7-8-17-23(19)22/h1-17,24-25H,18H2. The van der Waals surface area contributed by atoms with Crippen molar-refractivity contribution < 1.29 is 0 Å². The Kier molecular flexibility index (Phi) is 4.58.